The van der Waals surface area contributed by atoms with Crippen LogP contribution in [0.25, 0.3) is 99.8 Å². The van der Waals surface area contributed by atoms with E-state index in [1.165, 1.54) is 5.56 Å². The zero-order valence-electron chi connectivity index (χ0n) is 48.8. The van der Waals surface area contributed by atoms with E-state index in [9.17, 15) is 0 Å². The Morgan fingerprint density at radius 1 is 0.549 bits per heavy atom. The third kappa shape index (κ3) is 7.09. The van der Waals surface area contributed by atoms with Crippen molar-refractivity contribution >= 4 is 54.6 Å². The van der Waals surface area contributed by atoms with Gasteiger partial charge >= 0.3 is 0 Å². The molecule has 71 heavy (non-hydrogen) atoms. The molecule has 0 aliphatic rings. The molecule has 0 saturated carbocycles. The molecule has 4 aromatic heterocycles. The highest BCUT2D eigenvalue weighted by atomic mass is 16.5. The maximum atomic E-state index is 9.12. The van der Waals surface area contributed by atoms with Gasteiger partial charge in [0.05, 0.1) is 63.9 Å². The summed E-state index contributed by atoms with van der Waals surface area (Å²) in [6, 6.07) is 48.4. The number of hydrogen-bond donors (Lipinski definition) is 0. The fourth-order valence-electron chi connectivity index (χ4n) is 10.5. The van der Waals surface area contributed by atoms with Crippen molar-refractivity contribution in [2.45, 2.75) is 32.6 Å². The topological polar surface area (TPSA) is 40.8 Å². The zero-order chi connectivity index (χ0) is 56.1. The lowest BCUT2D eigenvalue weighted by Gasteiger charge is -2.17. The van der Waals surface area contributed by atoms with Gasteiger partial charge < -0.3 is 9.30 Å². The molecule has 0 fully saturated rings. The second-order valence-electron chi connectivity index (χ2n) is 17.6. The number of pyridine rings is 1. The highest BCUT2D eigenvalue weighted by molar-refractivity contribution is 6.16. The average molecular weight is 926 g/mol. The van der Waals surface area contributed by atoms with Crippen molar-refractivity contribution in [2.75, 3.05) is 0 Å². The van der Waals surface area contributed by atoms with E-state index in [4.69, 9.17) is 23.4 Å². The van der Waals surface area contributed by atoms with Crippen LogP contribution in [0.2, 0.25) is 0 Å². The average Bonchev–Trinajstić information content (AvgIpc) is 4.34. The van der Waals surface area contributed by atoms with Crippen LogP contribution in [0.15, 0.2) is 230 Å². The van der Waals surface area contributed by atoms with Crippen molar-refractivity contribution in [1.82, 2.24) is 18.7 Å². The predicted octanol–water partition coefficient (Wildman–Crippen LogP) is 16.3. The normalized spacial score (nSPS) is 13.7. The summed E-state index contributed by atoms with van der Waals surface area (Å²) < 4.78 is 103. The molecule has 0 unspecified atom stereocenters. The molecule has 4 heterocycles. The molecule has 0 bridgehead atoms. The summed E-state index contributed by atoms with van der Waals surface area (Å²) in [5.41, 5.74) is 8.13. The lowest BCUT2D eigenvalue weighted by atomic mass is 9.95. The van der Waals surface area contributed by atoms with Crippen molar-refractivity contribution in [3.63, 3.8) is 0 Å². The Labute approximate surface area is 426 Å². The Kier molecular flexibility index (Phi) is 8.06. The lowest BCUT2D eigenvalue weighted by Crippen LogP contribution is -2.31. The lowest BCUT2D eigenvalue weighted by molar-refractivity contribution is -0.571. The maximum absolute atomic E-state index is 9.12. The monoisotopic (exact) mass is 925 g/mol. The van der Waals surface area contributed by atoms with Gasteiger partial charge in [0, 0.05) is 39.9 Å². The van der Waals surface area contributed by atoms with Crippen LogP contribution >= 0.6 is 0 Å². The van der Waals surface area contributed by atoms with Crippen LogP contribution in [0.5, 0.6) is 11.5 Å². The molecule has 0 atom stereocenters. The van der Waals surface area contributed by atoms with Crippen LogP contribution in [-0.2, 0) is 0 Å². The SMILES string of the molecule is [2H]c1c([2H])c([2H])c(-c2cccc(-c3c([2H])c([2H])c([2H])c([2H])c3[2H])c2-[n+]2[c-]n(-c3cccc(Oc4cc(-n5c6ccccc6c6ccccc65)c5c6ccccc6n(-c6cc(C(CC)CC)ccn6)c5c4)c3)c3ccccc32)c([2H])c1[2H]. The van der Waals surface area contributed by atoms with Crippen molar-refractivity contribution < 1.29 is 23.0 Å². The number of nitrogens with zero attached hydrogens (tertiary/aromatic N) is 5. The Morgan fingerprint density at radius 2 is 1.14 bits per heavy atom. The fourth-order valence-corrected chi connectivity index (χ4v) is 10.5. The molecule has 0 saturated heterocycles. The number of imidazole rings is 1. The van der Waals surface area contributed by atoms with Gasteiger partial charge in [-0.05, 0) is 95.1 Å². The second kappa shape index (κ2) is 17.5. The first-order valence-corrected chi connectivity index (χ1v) is 23.8. The van der Waals surface area contributed by atoms with Crippen LogP contribution in [0, 0.1) is 6.33 Å². The molecule has 13 aromatic rings. The first-order chi connectivity index (χ1) is 39.3. The summed E-state index contributed by atoms with van der Waals surface area (Å²) in [7, 11) is 0. The highest BCUT2D eigenvalue weighted by Crippen LogP contribution is 2.43. The van der Waals surface area contributed by atoms with Gasteiger partial charge in [-0.15, -0.1) is 0 Å². The van der Waals surface area contributed by atoms with Gasteiger partial charge in [-0.25, -0.2) is 4.98 Å². The summed E-state index contributed by atoms with van der Waals surface area (Å²) in [5, 5.41) is 4.32. The minimum absolute atomic E-state index is 0.135. The second-order valence-corrected chi connectivity index (χ2v) is 17.6. The molecule has 0 aliphatic carbocycles. The van der Waals surface area contributed by atoms with Crippen LogP contribution < -0.4 is 9.30 Å². The molecule has 0 spiro atoms. The van der Waals surface area contributed by atoms with E-state index in [0.717, 1.165) is 68.0 Å². The van der Waals surface area contributed by atoms with E-state index < -0.39 is 60.4 Å². The smallest absolute Gasteiger partial charge is 0.269 e. The van der Waals surface area contributed by atoms with E-state index in [0.29, 0.717) is 34.1 Å². The van der Waals surface area contributed by atoms with E-state index in [1.54, 1.807) is 22.8 Å². The van der Waals surface area contributed by atoms with Crippen molar-refractivity contribution in [2.24, 2.45) is 0 Å². The van der Waals surface area contributed by atoms with Crippen molar-refractivity contribution in [3.8, 4) is 56.6 Å². The highest BCUT2D eigenvalue weighted by Gasteiger charge is 2.24. The quantitative estimate of drug-likeness (QED) is 0.0958. The molecule has 6 heteroatoms. The molecule has 0 radical (unpaired) electrons. The van der Waals surface area contributed by atoms with Crippen molar-refractivity contribution in [3.05, 3.63) is 242 Å². The number of rotatable bonds is 11. The number of aromatic nitrogens is 5. The number of hydrogen-bond acceptors (Lipinski definition) is 2. The van der Waals surface area contributed by atoms with Crippen LogP contribution in [0.3, 0.4) is 0 Å². The van der Waals surface area contributed by atoms with Gasteiger partial charge in [0.2, 0.25) is 0 Å². The van der Waals surface area contributed by atoms with Gasteiger partial charge in [0.25, 0.3) is 6.33 Å². The summed E-state index contributed by atoms with van der Waals surface area (Å²) >= 11 is 0. The van der Waals surface area contributed by atoms with Gasteiger partial charge in [-0.2, -0.15) is 0 Å². The van der Waals surface area contributed by atoms with Crippen LogP contribution in [-0.4, -0.2) is 18.7 Å². The first-order valence-electron chi connectivity index (χ1n) is 28.8. The fraction of sp³-hybridized carbons (Fsp3) is 0.0769. The Balaban J connectivity index is 1.03. The van der Waals surface area contributed by atoms with Gasteiger partial charge in [0.1, 0.15) is 17.3 Å². The van der Waals surface area contributed by atoms with Crippen LogP contribution in [0.4, 0.5) is 0 Å². The van der Waals surface area contributed by atoms with E-state index in [1.807, 2.05) is 59.3 Å². The van der Waals surface area contributed by atoms with E-state index in [2.05, 4.69) is 126 Å². The molecule has 6 nitrogen and oxygen atoms in total. The zero-order valence-corrected chi connectivity index (χ0v) is 38.8. The molecule has 0 amide bonds. The standard InChI is InChI=1S/C65H49N5O/c1-3-44(4-2)47-37-38-66-63(39-47)70-58-34-16-13-29-55(58)64-61(69-56-32-14-11-27-53(56)54-28-12-15-33-57(54)69)41-50(42-62(64)70)71-49-26-19-25-48(40-49)67-43-68(60-36-18-17-35-59(60)67)65-51(45-21-7-5-8-22-45)30-20-31-52(65)46-23-9-6-10-24-46/h5-42,44H,3-4H2,1-2H3/i5D,6D,7D,8D,9D,10D,21D,22D,23D,24D. The molecule has 0 aliphatic heterocycles. The summed E-state index contributed by atoms with van der Waals surface area (Å²) in [4.78, 5) is 5.04. The van der Waals surface area contributed by atoms with E-state index >= 15 is 0 Å². The largest absolute Gasteiger partial charge is 0.458 e. The Hall–Kier alpha value is -9.00. The molecule has 340 valence electrons. The minimum atomic E-state index is -0.570. The minimum Gasteiger partial charge on any atom is -0.458 e. The Bertz CT molecular complexity index is 4550. The molecule has 0 N–H and O–H groups in total. The summed E-state index contributed by atoms with van der Waals surface area (Å²) in [5.74, 6) is 2.21. The molecule has 13 rings (SSSR count). The number of ether oxygens (including phenoxy) is 1. The van der Waals surface area contributed by atoms with Gasteiger partial charge in [0.15, 0.2) is 0 Å². The summed E-state index contributed by atoms with van der Waals surface area (Å²) in [6.07, 6.45) is 7.40. The van der Waals surface area contributed by atoms with Gasteiger partial charge in [-0.1, -0.05) is 177 Å². The molecule has 9 aromatic carbocycles. The summed E-state index contributed by atoms with van der Waals surface area (Å²) in [6.45, 7) is 4.44. The van der Waals surface area contributed by atoms with Gasteiger partial charge in [-0.3, -0.25) is 13.7 Å². The third-order valence-corrected chi connectivity index (χ3v) is 13.7. The number of para-hydroxylation sites is 6. The molecular weight excluding hydrogens is 867 g/mol. The predicted molar refractivity (Wildman–Crippen MR) is 291 cm³/mol. The number of benzene rings is 9. The molecular formula is C65H49N5O. The van der Waals surface area contributed by atoms with Crippen molar-refractivity contribution in [1.29, 1.82) is 0 Å². The van der Waals surface area contributed by atoms with Crippen LogP contribution in [0.1, 0.15) is 51.9 Å². The number of fused-ring (bicyclic) bond motifs is 7. The third-order valence-electron chi connectivity index (χ3n) is 13.7. The maximum Gasteiger partial charge on any atom is 0.269 e. The Morgan fingerprint density at radius 3 is 1.80 bits per heavy atom. The first kappa shape index (κ1) is 32.7. The van der Waals surface area contributed by atoms with E-state index in [-0.39, 0.29) is 27.9 Å².